The van der Waals surface area contributed by atoms with Gasteiger partial charge in [0.2, 0.25) is 0 Å². The molecular weight excluding hydrogens is 184 g/mol. The zero-order valence-electron chi connectivity index (χ0n) is 8.08. The minimum atomic E-state index is 0.0236. The number of aliphatic hydroxyl groups excluding tert-OH is 1. The molecule has 0 spiro atoms. The van der Waals surface area contributed by atoms with Gasteiger partial charge in [-0.1, -0.05) is 13.8 Å². The Morgan fingerprint density at radius 1 is 1.54 bits per heavy atom. The molecule has 0 atom stereocenters. The molecule has 3 nitrogen and oxygen atoms in total. The smallest absolute Gasteiger partial charge is 0.119 e. The molecule has 0 radical (unpaired) electrons. The monoisotopic (exact) mass is 200 g/mol. The number of hydrogen-bond acceptors (Lipinski definition) is 4. The molecule has 0 aliphatic rings. The van der Waals surface area contributed by atoms with E-state index in [0.29, 0.717) is 12.5 Å². The second kappa shape index (κ2) is 4.69. The Balaban J connectivity index is 2.84. The van der Waals surface area contributed by atoms with E-state index >= 15 is 0 Å². The average molecular weight is 200 g/mol. The van der Waals surface area contributed by atoms with Crippen molar-refractivity contribution in [1.29, 1.82) is 0 Å². The second-order valence-electron chi connectivity index (χ2n) is 3.44. The third-order valence-corrected chi connectivity index (χ3v) is 2.85. The summed E-state index contributed by atoms with van der Waals surface area (Å²) in [4.78, 5) is 5.44. The van der Waals surface area contributed by atoms with Crippen LogP contribution in [0, 0.1) is 5.92 Å². The maximum Gasteiger partial charge on any atom is 0.119 e. The van der Waals surface area contributed by atoms with E-state index < -0.39 is 0 Å². The SMILES string of the molecule is CC(C)Cc1nc(CO)sc1CN. The number of aliphatic hydroxyl groups is 1. The number of aromatic nitrogens is 1. The summed E-state index contributed by atoms with van der Waals surface area (Å²) >= 11 is 1.52. The van der Waals surface area contributed by atoms with Crippen LogP contribution in [0.15, 0.2) is 0 Å². The Bertz CT molecular complexity index is 271. The fourth-order valence-electron chi connectivity index (χ4n) is 1.21. The number of nitrogens with zero attached hydrogens (tertiary/aromatic N) is 1. The van der Waals surface area contributed by atoms with E-state index in [1.54, 1.807) is 0 Å². The minimum Gasteiger partial charge on any atom is -0.389 e. The van der Waals surface area contributed by atoms with E-state index in [-0.39, 0.29) is 6.61 Å². The molecule has 0 aromatic carbocycles. The van der Waals surface area contributed by atoms with Crippen LogP contribution in [0.3, 0.4) is 0 Å². The van der Waals surface area contributed by atoms with Crippen LogP contribution in [-0.4, -0.2) is 10.1 Å². The molecule has 1 aromatic rings. The van der Waals surface area contributed by atoms with Crippen molar-refractivity contribution in [2.45, 2.75) is 33.4 Å². The normalized spacial score (nSPS) is 11.2. The molecule has 0 aliphatic heterocycles. The average Bonchev–Trinajstić information content (AvgIpc) is 2.46. The number of thiazole rings is 1. The summed E-state index contributed by atoms with van der Waals surface area (Å²) in [5.41, 5.74) is 6.64. The van der Waals surface area contributed by atoms with Gasteiger partial charge in [-0.15, -0.1) is 11.3 Å². The zero-order valence-corrected chi connectivity index (χ0v) is 8.90. The standard InChI is InChI=1S/C9H16N2OS/c1-6(2)3-7-8(4-10)13-9(5-12)11-7/h6,12H,3-5,10H2,1-2H3. The first kappa shape index (κ1) is 10.6. The number of nitrogens with two attached hydrogens (primary N) is 1. The van der Waals surface area contributed by atoms with Crippen LogP contribution < -0.4 is 5.73 Å². The summed E-state index contributed by atoms with van der Waals surface area (Å²) in [6.45, 7) is 4.85. The molecule has 0 aliphatic carbocycles. The summed E-state index contributed by atoms with van der Waals surface area (Å²) in [6.07, 6.45) is 0.947. The lowest BCUT2D eigenvalue weighted by molar-refractivity contribution is 0.281. The van der Waals surface area contributed by atoms with Gasteiger partial charge in [-0.3, -0.25) is 0 Å². The van der Waals surface area contributed by atoms with E-state index in [0.717, 1.165) is 22.0 Å². The lowest BCUT2D eigenvalue weighted by Crippen LogP contribution is -2.02. The van der Waals surface area contributed by atoms with Crippen LogP contribution in [0.4, 0.5) is 0 Å². The van der Waals surface area contributed by atoms with E-state index in [9.17, 15) is 0 Å². The Labute approximate surface area is 82.6 Å². The Hall–Kier alpha value is -0.450. The largest absolute Gasteiger partial charge is 0.389 e. The molecule has 0 saturated carbocycles. The predicted molar refractivity (Wildman–Crippen MR) is 54.5 cm³/mol. The van der Waals surface area contributed by atoms with Crippen molar-refractivity contribution in [1.82, 2.24) is 4.98 Å². The molecular formula is C9H16N2OS. The van der Waals surface area contributed by atoms with Crippen molar-refractivity contribution in [3.63, 3.8) is 0 Å². The molecule has 1 heterocycles. The van der Waals surface area contributed by atoms with Crippen molar-refractivity contribution < 1.29 is 5.11 Å². The highest BCUT2D eigenvalue weighted by molar-refractivity contribution is 7.11. The second-order valence-corrected chi connectivity index (χ2v) is 4.61. The van der Waals surface area contributed by atoms with Crippen molar-refractivity contribution >= 4 is 11.3 Å². The molecule has 1 rings (SSSR count). The van der Waals surface area contributed by atoms with Crippen molar-refractivity contribution in [3.05, 3.63) is 15.6 Å². The van der Waals surface area contributed by atoms with E-state index in [4.69, 9.17) is 10.8 Å². The van der Waals surface area contributed by atoms with E-state index in [1.807, 2.05) is 0 Å². The first-order valence-electron chi connectivity index (χ1n) is 4.45. The van der Waals surface area contributed by atoms with Crippen LogP contribution in [-0.2, 0) is 19.6 Å². The van der Waals surface area contributed by atoms with Gasteiger partial charge in [0.1, 0.15) is 5.01 Å². The van der Waals surface area contributed by atoms with Gasteiger partial charge in [-0.2, -0.15) is 0 Å². The fourth-order valence-corrected chi connectivity index (χ4v) is 2.05. The van der Waals surface area contributed by atoms with Gasteiger partial charge in [0.25, 0.3) is 0 Å². The number of rotatable bonds is 4. The molecule has 1 aromatic heterocycles. The van der Waals surface area contributed by atoms with Crippen LogP contribution in [0.1, 0.15) is 29.4 Å². The highest BCUT2D eigenvalue weighted by Gasteiger charge is 2.10. The van der Waals surface area contributed by atoms with Gasteiger partial charge in [-0.05, 0) is 12.3 Å². The Kier molecular flexibility index (Phi) is 3.84. The summed E-state index contributed by atoms with van der Waals surface area (Å²) in [5, 5.41) is 9.69. The van der Waals surface area contributed by atoms with Crippen molar-refractivity contribution in [2.75, 3.05) is 0 Å². The lowest BCUT2D eigenvalue weighted by atomic mass is 10.1. The van der Waals surface area contributed by atoms with Crippen LogP contribution in [0.5, 0.6) is 0 Å². The third-order valence-electron chi connectivity index (χ3n) is 1.74. The van der Waals surface area contributed by atoms with Gasteiger partial charge in [0, 0.05) is 11.4 Å². The fraction of sp³-hybridized carbons (Fsp3) is 0.667. The summed E-state index contributed by atoms with van der Waals surface area (Å²) in [5.74, 6) is 0.582. The van der Waals surface area contributed by atoms with Crippen molar-refractivity contribution in [3.8, 4) is 0 Å². The highest BCUT2D eigenvalue weighted by Crippen LogP contribution is 2.20. The van der Waals surface area contributed by atoms with Crippen LogP contribution in [0.2, 0.25) is 0 Å². The summed E-state index contributed by atoms with van der Waals surface area (Å²) in [7, 11) is 0. The predicted octanol–water partition coefficient (Wildman–Crippen LogP) is 1.29. The first-order chi connectivity index (χ1) is 6.17. The van der Waals surface area contributed by atoms with Gasteiger partial charge >= 0.3 is 0 Å². The highest BCUT2D eigenvalue weighted by atomic mass is 32.1. The molecule has 0 unspecified atom stereocenters. The van der Waals surface area contributed by atoms with Gasteiger partial charge in [0.05, 0.1) is 12.3 Å². The molecule has 3 N–H and O–H groups in total. The van der Waals surface area contributed by atoms with E-state index in [1.165, 1.54) is 11.3 Å². The summed E-state index contributed by atoms with van der Waals surface area (Å²) < 4.78 is 0. The zero-order chi connectivity index (χ0) is 9.84. The maximum absolute atomic E-state index is 8.91. The number of hydrogen-bond donors (Lipinski definition) is 2. The first-order valence-corrected chi connectivity index (χ1v) is 5.27. The van der Waals surface area contributed by atoms with Crippen LogP contribution >= 0.6 is 11.3 Å². The van der Waals surface area contributed by atoms with Gasteiger partial charge < -0.3 is 10.8 Å². The molecule has 0 saturated heterocycles. The molecule has 4 heteroatoms. The molecule has 0 fully saturated rings. The molecule has 0 amide bonds. The van der Waals surface area contributed by atoms with Gasteiger partial charge in [0.15, 0.2) is 0 Å². The molecule has 0 bridgehead atoms. The minimum absolute atomic E-state index is 0.0236. The lowest BCUT2D eigenvalue weighted by Gasteiger charge is -2.02. The van der Waals surface area contributed by atoms with Crippen LogP contribution in [0.25, 0.3) is 0 Å². The van der Waals surface area contributed by atoms with Gasteiger partial charge in [-0.25, -0.2) is 4.98 Å². The third kappa shape index (κ3) is 2.76. The Morgan fingerprint density at radius 2 is 2.23 bits per heavy atom. The van der Waals surface area contributed by atoms with Crippen molar-refractivity contribution in [2.24, 2.45) is 11.7 Å². The topological polar surface area (TPSA) is 59.1 Å². The molecule has 74 valence electrons. The quantitative estimate of drug-likeness (QED) is 0.770. The Morgan fingerprint density at radius 3 is 2.69 bits per heavy atom. The van der Waals surface area contributed by atoms with E-state index in [2.05, 4.69) is 18.8 Å². The summed E-state index contributed by atoms with van der Waals surface area (Å²) in [6, 6.07) is 0. The molecule has 13 heavy (non-hydrogen) atoms. The maximum atomic E-state index is 8.91.